The van der Waals surface area contributed by atoms with Crippen LogP contribution in [0.3, 0.4) is 0 Å². The summed E-state index contributed by atoms with van der Waals surface area (Å²) in [6.07, 6.45) is 4.38. The maximum absolute atomic E-state index is 4.66. The van der Waals surface area contributed by atoms with Crippen molar-refractivity contribution in [3.05, 3.63) is 27.9 Å². The summed E-state index contributed by atoms with van der Waals surface area (Å²) in [4.78, 5) is 12.6. The van der Waals surface area contributed by atoms with Gasteiger partial charge in [0.1, 0.15) is 0 Å². The van der Waals surface area contributed by atoms with Crippen LogP contribution in [0.25, 0.3) is 0 Å². The first-order valence-corrected chi connectivity index (χ1v) is 5.57. The molecule has 1 aliphatic rings. The fraction of sp³-hybridized carbons (Fsp3) is 0.462. The normalized spacial score (nSPS) is 18.5. The van der Waals surface area contributed by atoms with E-state index in [-0.39, 0.29) is 90.3 Å². The van der Waals surface area contributed by atoms with Crippen LogP contribution in [0.5, 0.6) is 0 Å². The van der Waals surface area contributed by atoms with E-state index in [9.17, 15) is 0 Å². The average Bonchev–Trinajstić information content (AvgIpc) is 2.33. The van der Waals surface area contributed by atoms with E-state index in [1.165, 1.54) is 0 Å². The van der Waals surface area contributed by atoms with E-state index < -0.39 is 0 Å². The second-order valence-electron chi connectivity index (χ2n) is 3.74. The molecule has 7 heteroatoms. The third kappa shape index (κ3) is 8.83. The standard InChI is InChI=1S/C13H19N3.4W/c1-5-10(14-3)12-8-7-9-13(16-12)11(6-2)15-4;;;;/h12H,1-9H2;;;;/q-4;;;2*+2/t12-;;;;/m1..../s1. The SMILES string of the molecule is [CH2-]CC(=N[CH2-])C1=N[C@@H](C(C[CH2-])=N[CH2-])CCC1.[W+2].[W+2].[W].[W]. The molecule has 1 heterocycles. The Hall–Kier alpha value is 1.50. The van der Waals surface area contributed by atoms with Crippen molar-refractivity contribution in [3.63, 3.8) is 0 Å². The summed E-state index contributed by atoms with van der Waals surface area (Å²) < 4.78 is 0. The van der Waals surface area contributed by atoms with Crippen LogP contribution in [0.2, 0.25) is 0 Å². The largest absolute Gasteiger partial charge is 2.00 e. The van der Waals surface area contributed by atoms with Gasteiger partial charge in [0.25, 0.3) is 0 Å². The zero-order valence-electron chi connectivity index (χ0n) is 11.4. The van der Waals surface area contributed by atoms with Crippen molar-refractivity contribution in [2.24, 2.45) is 15.0 Å². The first kappa shape index (κ1) is 29.5. The van der Waals surface area contributed by atoms with Gasteiger partial charge in [0.05, 0.1) is 0 Å². The van der Waals surface area contributed by atoms with E-state index in [1.807, 2.05) is 0 Å². The van der Waals surface area contributed by atoms with Crippen LogP contribution in [0, 0.1) is 27.9 Å². The maximum Gasteiger partial charge on any atom is 2.00 e. The Morgan fingerprint density at radius 1 is 1.10 bits per heavy atom. The van der Waals surface area contributed by atoms with Crippen LogP contribution in [0.15, 0.2) is 15.0 Å². The number of hydrogen-bond donors (Lipinski definition) is 0. The molecule has 0 unspecified atom stereocenters. The summed E-state index contributed by atoms with van der Waals surface area (Å²) >= 11 is 0. The Balaban J connectivity index is -0.000000320. The molecule has 0 bridgehead atoms. The molecule has 0 amide bonds. The summed E-state index contributed by atoms with van der Waals surface area (Å²) in [5, 5.41) is 0. The van der Waals surface area contributed by atoms with Crippen molar-refractivity contribution in [1.29, 1.82) is 0 Å². The molecular weight excluding hydrogens is 934 g/mol. The van der Waals surface area contributed by atoms with Crippen LogP contribution < -0.4 is 0 Å². The van der Waals surface area contributed by atoms with Gasteiger partial charge in [-0.2, -0.15) is 14.1 Å². The molecule has 0 N–H and O–H groups in total. The zero-order valence-corrected chi connectivity index (χ0v) is 23.1. The van der Waals surface area contributed by atoms with Crippen molar-refractivity contribution in [1.82, 2.24) is 0 Å². The van der Waals surface area contributed by atoms with Crippen LogP contribution in [-0.4, -0.2) is 23.2 Å². The van der Waals surface area contributed by atoms with Crippen molar-refractivity contribution < 1.29 is 84.3 Å². The third-order valence-electron chi connectivity index (χ3n) is 2.81. The topological polar surface area (TPSA) is 37.1 Å². The van der Waals surface area contributed by atoms with Crippen molar-refractivity contribution in [2.45, 2.75) is 38.1 Å². The fourth-order valence-electron chi connectivity index (χ4n) is 1.91. The number of hydrogen-bond acceptors (Lipinski definition) is 3. The van der Waals surface area contributed by atoms with Gasteiger partial charge in [-0.25, -0.2) is 12.8 Å². The van der Waals surface area contributed by atoms with Gasteiger partial charge in [0, 0.05) is 48.2 Å². The molecule has 3 nitrogen and oxygen atoms in total. The summed E-state index contributed by atoms with van der Waals surface area (Å²) in [5.74, 6) is 0. The molecule has 20 heavy (non-hydrogen) atoms. The number of nitrogens with zero attached hydrogens (tertiary/aromatic N) is 3. The number of rotatable bonds is 4. The quantitative estimate of drug-likeness (QED) is 0.308. The molecule has 0 saturated carbocycles. The Morgan fingerprint density at radius 3 is 2.10 bits per heavy atom. The van der Waals surface area contributed by atoms with Crippen molar-refractivity contribution in [3.8, 4) is 0 Å². The van der Waals surface area contributed by atoms with E-state index in [2.05, 4.69) is 42.9 Å². The molecule has 0 spiro atoms. The van der Waals surface area contributed by atoms with Gasteiger partial charge in [0.15, 0.2) is 0 Å². The van der Waals surface area contributed by atoms with E-state index in [0.29, 0.717) is 12.8 Å². The van der Waals surface area contributed by atoms with E-state index in [1.54, 1.807) is 0 Å². The molecule has 0 aromatic heterocycles. The molecule has 0 aliphatic carbocycles. The first-order valence-electron chi connectivity index (χ1n) is 5.57. The van der Waals surface area contributed by atoms with Gasteiger partial charge in [-0.15, -0.1) is 11.4 Å². The minimum absolute atomic E-state index is 0. The van der Waals surface area contributed by atoms with Gasteiger partial charge in [0.2, 0.25) is 0 Å². The molecule has 0 radical (unpaired) electrons. The minimum atomic E-state index is 0. The van der Waals surface area contributed by atoms with Gasteiger partial charge in [-0.1, -0.05) is 0 Å². The van der Waals surface area contributed by atoms with E-state index in [4.69, 9.17) is 0 Å². The zero-order chi connectivity index (χ0) is 12.0. The second-order valence-corrected chi connectivity index (χ2v) is 3.74. The molecule has 0 saturated heterocycles. The molecular formula is C13H19N3W4. The Bertz CT molecular complexity index is 328. The van der Waals surface area contributed by atoms with Gasteiger partial charge in [-0.05, 0) is 25.0 Å². The molecule has 110 valence electrons. The molecule has 1 aliphatic heterocycles. The fourth-order valence-corrected chi connectivity index (χ4v) is 1.91. The predicted molar refractivity (Wildman–Crippen MR) is 70.6 cm³/mol. The van der Waals surface area contributed by atoms with Crippen molar-refractivity contribution >= 4 is 17.1 Å². The summed E-state index contributed by atoms with van der Waals surface area (Å²) in [5.41, 5.74) is 2.89. The van der Waals surface area contributed by atoms with E-state index >= 15 is 0 Å². The van der Waals surface area contributed by atoms with Gasteiger partial charge in [-0.3, -0.25) is 0 Å². The minimum Gasteiger partial charge on any atom is -0.458 e. The van der Waals surface area contributed by atoms with Crippen molar-refractivity contribution in [2.75, 3.05) is 0 Å². The molecule has 0 aromatic rings. The number of aliphatic imine (C=N–C) groups is 3. The second kappa shape index (κ2) is 16.9. The Labute approximate surface area is 180 Å². The Morgan fingerprint density at radius 2 is 1.70 bits per heavy atom. The molecule has 1 atom stereocenters. The smallest absolute Gasteiger partial charge is 0.458 e. The van der Waals surface area contributed by atoms with E-state index in [0.717, 1.165) is 36.4 Å². The van der Waals surface area contributed by atoms with Crippen LogP contribution in [-0.2, 0) is 84.3 Å². The van der Waals surface area contributed by atoms with Crippen LogP contribution >= 0.6 is 0 Å². The van der Waals surface area contributed by atoms with Crippen LogP contribution in [0.4, 0.5) is 0 Å². The maximum atomic E-state index is 4.66. The molecule has 0 aromatic carbocycles. The third-order valence-corrected chi connectivity index (χ3v) is 2.81. The van der Waals surface area contributed by atoms with Gasteiger partial charge < -0.3 is 28.8 Å². The monoisotopic (exact) mass is 953 g/mol. The first-order chi connectivity index (χ1) is 7.76. The summed E-state index contributed by atoms with van der Waals surface area (Å²) in [7, 11) is 7.12. The summed E-state index contributed by atoms with van der Waals surface area (Å²) in [6, 6.07) is 0.127. The predicted octanol–water partition coefficient (Wildman–Crippen LogP) is 2.88. The average molecular weight is 953 g/mol. The molecule has 0 fully saturated rings. The Kier molecular flexibility index (Phi) is 24.9. The molecule has 1 rings (SSSR count). The van der Waals surface area contributed by atoms with Crippen LogP contribution in [0.1, 0.15) is 32.1 Å². The summed E-state index contributed by atoms with van der Waals surface area (Å²) in [6.45, 7) is 7.68. The van der Waals surface area contributed by atoms with Gasteiger partial charge >= 0.3 is 42.1 Å².